The van der Waals surface area contributed by atoms with E-state index >= 15 is 0 Å². The smallest absolute Gasteiger partial charge is 0.304 e. The Morgan fingerprint density at radius 2 is 1.68 bits per heavy atom. The van der Waals surface area contributed by atoms with E-state index in [1.54, 1.807) is 0 Å². The number of rotatable bonds is 5. The van der Waals surface area contributed by atoms with Crippen molar-refractivity contribution in [3.63, 3.8) is 0 Å². The van der Waals surface area contributed by atoms with Gasteiger partial charge in [-0.15, -0.1) is 0 Å². The van der Waals surface area contributed by atoms with E-state index in [-0.39, 0.29) is 12.3 Å². The number of hydrogen-bond acceptors (Lipinski definition) is 3. The second-order valence-corrected chi connectivity index (χ2v) is 6.27. The number of benzene rings is 1. The molecule has 1 saturated heterocycles. The van der Waals surface area contributed by atoms with Crippen LogP contribution in [0.2, 0.25) is 0 Å². The van der Waals surface area contributed by atoms with Gasteiger partial charge in [-0.1, -0.05) is 30.3 Å². The van der Waals surface area contributed by atoms with Crippen molar-refractivity contribution < 1.29 is 14.7 Å². The summed E-state index contributed by atoms with van der Waals surface area (Å²) < 4.78 is 0. The SMILES string of the molecule is CC(C)(C(=O)N1CCN(CCC(=O)O)CC1)c1ccccc1. The number of carboxylic acid groups (broad SMARTS) is 1. The zero-order valence-electron chi connectivity index (χ0n) is 13.3. The molecule has 0 unspecified atom stereocenters. The lowest BCUT2D eigenvalue weighted by atomic mass is 9.83. The Balaban J connectivity index is 1.93. The summed E-state index contributed by atoms with van der Waals surface area (Å²) in [5, 5.41) is 8.73. The summed E-state index contributed by atoms with van der Waals surface area (Å²) in [5.41, 5.74) is 0.484. The topological polar surface area (TPSA) is 60.9 Å². The van der Waals surface area contributed by atoms with Crippen LogP contribution in [0, 0.1) is 0 Å². The van der Waals surface area contributed by atoms with Gasteiger partial charge in [-0.2, -0.15) is 0 Å². The molecule has 0 aliphatic carbocycles. The number of amides is 1. The Bertz CT molecular complexity index is 520. The van der Waals surface area contributed by atoms with E-state index in [4.69, 9.17) is 5.11 Å². The molecule has 5 heteroatoms. The van der Waals surface area contributed by atoms with Crippen molar-refractivity contribution in [1.82, 2.24) is 9.80 Å². The molecule has 2 rings (SSSR count). The molecule has 0 saturated carbocycles. The maximum atomic E-state index is 12.8. The fourth-order valence-electron chi connectivity index (χ4n) is 2.80. The maximum Gasteiger partial charge on any atom is 0.304 e. The van der Waals surface area contributed by atoms with E-state index in [2.05, 4.69) is 4.90 Å². The van der Waals surface area contributed by atoms with Crippen LogP contribution in [0.25, 0.3) is 0 Å². The highest BCUT2D eigenvalue weighted by Crippen LogP contribution is 2.26. The Morgan fingerprint density at radius 3 is 2.23 bits per heavy atom. The van der Waals surface area contributed by atoms with Crippen LogP contribution in [0.15, 0.2) is 30.3 Å². The molecule has 0 spiro atoms. The summed E-state index contributed by atoms with van der Waals surface area (Å²) in [6.07, 6.45) is 0.156. The number of aliphatic carboxylic acids is 1. The summed E-state index contributed by atoms with van der Waals surface area (Å²) >= 11 is 0. The number of carbonyl (C=O) groups excluding carboxylic acids is 1. The van der Waals surface area contributed by atoms with Crippen LogP contribution in [0.4, 0.5) is 0 Å². The summed E-state index contributed by atoms with van der Waals surface area (Å²) in [6.45, 7) is 7.28. The number of nitrogens with zero attached hydrogens (tertiary/aromatic N) is 2. The quantitative estimate of drug-likeness (QED) is 0.897. The van der Waals surface area contributed by atoms with Gasteiger partial charge in [-0.3, -0.25) is 14.5 Å². The standard InChI is InChI=1S/C17H24N2O3/c1-17(2,14-6-4-3-5-7-14)16(22)19-12-10-18(11-13-19)9-8-15(20)21/h3-7H,8-13H2,1-2H3,(H,20,21). The van der Waals surface area contributed by atoms with Crippen molar-refractivity contribution in [2.45, 2.75) is 25.7 Å². The van der Waals surface area contributed by atoms with Crippen LogP contribution in [0.1, 0.15) is 25.8 Å². The molecule has 1 N–H and O–H groups in total. The van der Waals surface area contributed by atoms with Crippen molar-refractivity contribution in [2.75, 3.05) is 32.7 Å². The third-order valence-electron chi connectivity index (χ3n) is 4.33. The highest BCUT2D eigenvalue weighted by molar-refractivity contribution is 5.87. The second-order valence-electron chi connectivity index (χ2n) is 6.27. The Hall–Kier alpha value is -1.88. The lowest BCUT2D eigenvalue weighted by molar-refractivity contribution is -0.140. The minimum Gasteiger partial charge on any atom is -0.481 e. The van der Waals surface area contributed by atoms with E-state index < -0.39 is 11.4 Å². The number of carboxylic acids is 1. The van der Waals surface area contributed by atoms with E-state index in [9.17, 15) is 9.59 Å². The third kappa shape index (κ3) is 3.85. The van der Waals surface area contributed by atoms with E-state index in [0.29, 0.717) is 19.6 Å². The number of piperazine rings is 1. The first-order valence-electron chi connectivity index (χ1n) is 7.70. The Kier molecular flexibility index (Phi) is 5.19. The molecule has 1 amide bonds. The minimum absolute atomic E-state index is 0.136. The van der Waals surface area contributed by atoms with Crippen LogP contribution in [0.3, 0.4) is 0 Å². The van der Waals surface area contributed by atoms with Crippen molar-refractivity contribution in [1.29, 1.82) is 0 Å². The zero-order valence-corrected chi connectivity index (χ0v) is 13.3. The van der Waals surface area contributed by atoms with Gasteiger partial charge in [0.05, 0.1) is 11.8 Å². The molecule has 0 atom stereocenters. The van der Waals surface area contributed by atoms with Gasteiger partial charge in [0.25, 0.3) is 0 Å². The normalized spacial score (nSPS) is 16.5. The first kappa shape index (κ1) is 16.5. The molecule has 1 heterocycles. The van der Waals surface area contributed by atoms with E-state index in [1.807, 2.05) is 49.1 Å². The summed E-state index contributed by atoms with van der Waals surface area (Å²) in [6, 6.07) is 9.83. The van der Waals surface area contributed by atoms with E-state index in [0.717, 1.165) is 18.7 Å². The van der Waals surface area contributed by atoms with Crippen molar-refractivity contribution in [3.05, 3.63) is 35.9 Å². The van der Waals surface area contributed by atoms with Crippen LogP contribution in [-0.4, -0.2) is 59.5 Å². The van der Waals surface area contributed by atoms with Gasteiger partial charge in [-0.05, 0) is 19.4 Å². The fourth-order valence-corrected chi connectivity index (χ4v) is 2.80. The highest BCUT2D eigenvalue weighted by atomic mass is 16.4. The summed E-state index contributed by atoms with van der Waals surface area (Å²) in [5.74, 6) is -0.639. The van der Waals surface area contributed by atoms with Crippen LogP contribution < -0.4 is 0 Å². The minimum atomic E-state index is -0.774. The summed E-state index contributed by atoms with van der Waals surface area (Å²) in [4.78, 5) is 27.4. The van der Waals surface area contributed by atoms with Gasteiger partial charge in [-0.25, -0.2) is 0 Å². The Morgan fingerprint density at radius 1 is 1.09 bits per heavy atom. The average Bonchev–Trinajstić information content (AvgIpc) is 2.53. The second kappa shape index (κ2) is 6.92. The Labute approximate surface area is 131 Å². The number of hydrogen-bond donors (Lipinski definition) is 1. The van der Waals surface area contributed by atoms with Crippen molar-refractivity contribution in [2.24, 2.45) is 0 Å². The van der Waals surface area contributed by atoms with Crippen molar-refractivity contribution >= 4 is 11.9 Å². The number of carbonyl (C=O) groups is 2. The van der Waals surface area contributed by atoms with Gasteiger partial charge < -0.3 is 10.0 Å². The lowest BCUT2D eigenvalue weighted by Crippen LogP contribution is -2.53. The molecule has 1 aliphatic heterocycles. The molecule has 1 fully saturated rings. The van der Waals surface area contributed by atoms with Gasteiger partial charge in [0.2, 0.25) is 5.91 Å². The van der Waals surface area contributed by atoms with Gasteiger partial charge in [0.15, 0.2) is 0 Å². The van der Waals surface area contributed by atoms with Crippen LogP contribution in [-0.2, 0) is 15.0 Å². The largest absolute Gasteiger partial charge is 0.481 e. The van der Waals surface area contributed by atoms with Crippen LogP contribution >= 0.6 is 0 Å². The van der Waals surface area contributed by atoms with Crippen molar-refractivity contribution in [3.8, 4) is 0 Å². The average molecular weight is 304 g/mol. The molecule has 0 radical (unpaired) electrons. The molecule has 22 heavy (non-hydrogen) atoms. The predicted molar refractivity (Wildman–Crippen MR) is 84.7 cm³/mol. The molecule has 1 aliphatic rings. The predicted octanol–water partition coefficient (Wildman–Crippen LogP) is 1.58. The highest BCUT2D eigenvalue weighted by Gasteiger charge is 2.34. The molecule has 5 nitrogen and oxygen atoms in total. The monoisotopic (exact) mass is 304 g/mol. The van der Waals surface area contributed by atoms with Crippen LogP contribution in [0.5, 0.6) is 0 Å². The molecule has 120 valence electrons. The first-order chi connectivity index (χ1) is 10.4. The molecule has 0 bridgehead atoms. The summed E-state index contributed by atoms with van der Waals surface area (Å²) in [7, 11) is 0. The third-order valence-corrected chi connectivity index (χ3v) is 4.33. The first-order valence-corrected chi connectivity index (χ1v) is 7.70. The molecular formula is C17H24N2O3. The molecule has 1 aromatic carbocycles. The lowest BCUT2D eigenvalue weighted by Gasteiger charge is -2.38. The maximum absolute atomic E-state index is 12.8. The zero-order chi connectivity index (χ0) is 16.2. The van der Waals surface area contributed by atoms with Gasteiger partial charge >= 0.3 is 5.97 Å². The van der Waals surface area contributed by atoms with Gasteiger partial charge in [0.1, 0.15) is 0 Å². The molecular weight excluding hydrogens is 280 g/mol. The molecule has 1 aromatic rings. The van der Waals surface area contributed by atoms with Gasteiger partial charge in [0, 0.05) is 32.7 Å². The van der Waals surface area contributed by atoms with E-state index in [1.165, 1.54) is 0 Å². The fraction of sp³-hybridized carbons (Fsp3) is 0.529. The molecule has 0 aromatic heterocycles.